The zero-order valence-electron chi connectivity index (χ0n) is 12.2. The van der Waals surface area contributed by atoms with E-state index in [-0.39, 0.29) is 0 Å². The number of aryl methyl sites for hydroxylation is 1. The highest BCUT2D eigenvalue weighted by molar-refractivity contribution is 7.99. The fourth-order valence-corrected chi connectivity index (χ4v) is 3.10. The van der Waals surface area contributed by atoms with Gasteiger partial charge in [0, 0.05) is 37.5 Å². The third-order valence-electron chi connectivity index (χ3n) is 3.56. The number of nitrogens with one attached hydrogen (secondary N) is 1. The maximum Gasteiger partial charge on any atom is 0.222 e. The monoisotopic (exact) mass is 292 g/mol. The van der Waals surface area contributed by atoms with E-state index < -0.39 is 0 Å². The minimum Gasteiger partial charge on any atom is -0.340 e. The topological polar surface area (TPSA) is 32.3 Å². The Bertz CT molecular complexity index is 413. The van der Waals surface area contributed by atoms with Crippen LogP contribution in [0.4, 0.5) is 0 Å². The number of benzene rings is 1. The van der Waals surface area contributed by atoms with E-state index >= 15 is 0 Å². The van der Waals surface area contributed by atoms with Gasteiger partial charge in [0.05, 0.1) is 0 Å². The molecule has 1 fully saturated rings. The summed E-state index contributed by atoms with van der Waals surface area (Å²) >= 11 is 1.86. The molecule has 0 radical (unpaired) electrons. The molecule has 1 aliphatic heterocycles. The van der Waals surface area contributed by atoms with Crippen LogP contribution in [-0.2, 0) is 11.2 Å². The van der Waals surface area contributed by atoms with Crippen LogP contribution in [0.15, 0.2) is 29.2 Å². The van der Waals surface area contributed by atoms with Gasteiger partial charge in [-0.05, 0) is 36.3 Å². The van der Waals surface area contributed by atoms with Gasteiger partial charge in [-0.15, -0.1) is 11.8 Å². The van der Waals surface area contributed by atoms with Crippen molar-refractivity contribution in [2.24, 2.45) is 0 Å². The van der Waals surface area contributed by atoms with Crippen LogP contribution in [0.3, 0.4) is 0 Å². The summed E-state index contributed by atoms with van der Waals surface area (Å²) in [7, 11) is 0. The minimum atomic E-state index is 0.310. The first-order valence-electron chi connectivity index (χ1n) is 7.50. The first-order valence-corrected chi connectivity index (χ1v) is 8.48. The molecule has 1 saturated heterocycles. The van der Waals surface area contributed by atoms with Gasteiger partial charge in [-0.1, -0.05) is 19.1 Å². The summed E-state index contributed by atoms with van der Waals surface area (Å²) in [4.78, 5) is 15.3. The van der Waals surface area contributed by atoms with Gasteiger partial charge in [0.2, 0.25) is 5.91 Å². The van der Waals surface area contributed by atoms with Crippen molar-refractivity contribution in [2.75, 3.05) is 31.9 Å². The number of rotatable bonds is 6. The molecule has 0 spiro atoms. The quantitative estimate of drug-likeness (QED) is 0.818. The molecule has 0 saturated carbocycles. The summed E-state index contributed by atoms with van der Waals surface area (Å²) < 4.78 is 0. The number of hydrogen-bond acceptors (Lipinski definition) is 3. The van der Waals surface area contributed by atoms with Crippen molar-refractivity contribution >= 4 is 17.7 Å². The average molecular weight is 292 g/mol. The highest BCUT2D eigenvalue weighted by Crippen LogP contribution is 2.18. The smallest absolute Gasteiger partial charge is 0.222 e. The molecular weight excluding hydrogens is 268 g/mol. The van der Waals surface area contributed by atoms with Gasteiger partial charge in [-0.3, -0.25) is 4.79 Å². The van der Waals surface area contributed by atoms with Crippen LogP contribution in [0.2, 0.25) is 0 Å². The maximum atomic E-state index is 12.0. The number of piperazine rings is 1. The minimum absolute atomic E-state index is 0.310. The number of carbonyl (C=O) groups is 1. The second-order valence-electron chi connectivity index (χ2n) is 5.06. The van der Waals surface area contributed by atoms with Crippen molar-refractivity contribution in [3.05, 3.63) is 29.8 Å². The summed E-state index contributed by atoms with van der Waals surface area (Å²) in [5.41, 5.74) is 1.33. The summed E-state index contributed by atoms with van der Waals surface area (Å²) in [6.45, 7) is 5.76. The molecule has 110 valence electrons. The number of carbonyl (C=O) groups excluding carboxylic acids is 1. The molecule has 1 amide bonds. The van der Waals surface area contributed by atoms with Crippen LogP contribution in [0.1, 0.15) is 25.3 Å². The largest absolute Gasteiger partial charge is 0.340 e. The summed E-state index contributed by atoms with van der Waals surface area (Å²) in [5.74, 6) is 1.42. The molecule has 0 aromatic heterocycles. The SMILES string of the molecule is CCSc1ccc(CCCC(=O)N2CCNCC2)cc1. The molecule has 0 bridgehead atoms. The molecule has 1 N–H and O–H groups in total. The van der Waals surface area contributed by atoms with E-state index in [0.29, 0.717) is 12.3 Å². The standard InChI is InChI=1S/C16H24N2OS/c1-2-20-15-8-6-14(7-9-15)4-3-5-16(19)18-12-10-17-11-13-18/h6-9,17H,2-5,10-13H2,1H3. The lowest BCUT2D eigenvalue weighted by Crippen LogP contribution is -2.46. The van der Waals surface area contributed by atoms with Gasteiger partial charge >= 0.3 is 0 Å². The molecule has 3 nitrogen and oxygen atoms in total. The Hall–Kier alpha value is -1.00. The Morgan fingerprint density at radius 2 is 1.95 bits per heavy atom. The van der Waals surface area contributed by atoms with Gasteiger partial charge in [0.25, 0.3) is 0 Å². The molecule has 1 heterocycles. The van der Waals surface area contributed by atoms with Crippen molar-refractivity contribution in [1.29, 1.82) is 0 Å². The molecule has 4 heteroatoms. The van der Waals surface area contributed by atoms with E-state index in [1.807, 2.05) is 16.7 Å². The molecule has 2 rings (SSSR count). The molecule has 1 aromatic carbocycles. The fraction of sp³-hybridized carbons (Fsp3) is 0.562. The second-order valence-corrected chi connectivity index (χ2v) is 6.40. The highest BCUT2D eigenvalue weighted by Gasteiger charge is 2.15. The van der Waals surface area contributed by atoms with Crippen LogP contribution in [0.25, 0.3) is 0 Å². The number of nitrogens with zero attached hydrogens (tertiary/aromatic N) is 1. The fourth-order valence-electron chi connectivity index (χ4n) is 2.44. The zero-order valence-corrected chi connectivity index (χ0v) is 13.0. The highest BCUT2D eigenvalue weighted by atomic mass is 32.2. The Balaban J connectivity index is 1.70. The van der Waals surface area contributed by atoms with E-state index in [2.05, 4.69) is 36.5 Å². The Labute approximate surface area is 126 Å². The van der Waals surface area contributed by atoms with Gasteiger partial charge in [-0.25, -0.2) is 0 Å². The lowest BCUT2D eigenvalue weighted by molar-refractivity contribution is -0.131. The van der Waals surface area contributed by atoms with Crippen LogP contribution in [0.5, 0.6) is 0 Å². The first kappa shape index (κ1) is 15.4. The van der Waals surface area contributed by atoms with E-state index in [1.54, 1.807) is 0 Å². The van der Waals surface area contributed by atoms with Gasteiger partial charge in [-0.2, -0.15) is 0 Å². The van der Waals surface area contributed by atoms with Crippen molar-refractivity contribution in [3.8, 4) is 0 Å². The third kappa shape index (κ3) is 4.84. The summed E-state index contributed by atoms with van der Waals surface area (Å²) in [6, 6.07) is 8.74. The number of thioether (sulfide) groups is 1. The lowest BCUT2D eigenvalue weighted by Gasteiger charge is -2.27. The van der Waals surface area contributed by atoms with E-state index in [4.69, 9.17) is 0 Å². The summed E-state index contributed by atoms with van der Waals surface area (Å²) in [6.07, 6.45) is 2.61. The van der Waals surface area contributed by atoms with Gasteiger partial charge in [0.15, 0.2) is 0 Å². The molecule has 0 aliphatic carbocycles. The maximum absolute atomic E-state index is 12.0. The normalized spacial score (nSPS) is 15.3. The molecular formula is C16H24N2OS. The van der Waals surface area contributed by atoms with E-state index in [0.717, 1.165) is 44.8 Å². The zero-order chi connectivity index (χ0) is 14.2. The first-order chi connectivity index (χ1) is 9.79. The van der Waals surface area contributed by atoms with Crippen molar-refractivity contribution in [1.82, 2.24) is 10.2 Å². The van der Waals surface area contributed by atoms with Crippen molar-refractivity contribution in [2.45, 2.75) is 31.1 Å². The van der Waals surface area contributed by atoms with Crippen LogP contribution in [-0.4, -0.2) is 42.7 Å². The molecule has 20 heavy (non-hydrogen) atoms. The van der Waals surface area contributed by atoms with E-state index in [1.165, 1.54) is 10.5 Å². The average Bonchev–Trinajstić information content (AvgIpc) is 2.50. The molecule has 1 aromatic rings. The predicted octanol–water partition coefficient (Wildman–Crippen LogP) is 2.55. The summed E-state index contributed by atoms with van der Waals surface area (Å²) in [5, 5.41) is 3.27. The number of hydrogen-bond donors (Lipinski definition) is 1. The van der Waals surface area contributed by atoms with Crippen molar-refractivity contribution < 1.29 is 4.79 Å². The third-order valence-corrected chi connectivity index (χ3v) is 4.45. The second kappa shape index (κ2) is 8.32. The Kier molecular flexibility index (Phi) is 6.40. The molecule has 0 unspecified atom stereocenters. The molecule has 1 aliphatic rings. The van der Waals surface area contributed by atoms with Gasteiger partial charge in [0.1, 0.15) is 0 Å². The van der Waals surface area contributed by atoms with E-state index in [9.17, 15) is 4.79 Å². The van der Waals surface area contributed by atoms with Crippen LogP contribution in [0, 0.1) is 0 Å². The molecule has 0 atom stereocenters. The Morgan fingerprint density at radius 1 is 1.25 bits per heavy atom. The lowest BCUT2D eigenvalue weighted by atomic mass is 10.1. The van der Waals surface area contributed by atoms with Crippen molar-refractivity contribution in [3.63, 3.8) is 0 Å². The van der Waals surface area contributed by atoms with Crippen LogP contribution < -0.4 is 5.32 Å². The van der Waals surface area contributed by atoms with Crippen LogP contribution >= 0.6 is 11.8 Å². The Morgan fingerprint density at radius 3 is 2.60 bits per heavy atom. The number of amides is 1. The predicted molar refractivity (Wildman–Crippen MR) is 85.2 cm³/mol. The van der Waals surface area contributed by atoms with Gasteiger partial charge < -0.3 is 10.2 Å².